The van der Waals surface area contributed by atoms with E-state index in [1.54, 1.807) is 0 Å². The van der Waals surface area contributed by atoms with Crippen molar-refractivity contribution < 1.29 is 19.4 Å². The summed E-state index contributed by atoms with van der Waals surface area (Å²) in [4.78, 5) is 11.8. The Hall–Kier alpha value is -0.393. The first-order chi connectivity index (χ1) is 15.1. The molecule has 33 heavy (non-hydrogen) atoms. The number of aliphatic carboxylic acids is 1. The lowest BCUT2D eigenvalue weighted by molar-refractivity contribution is -0.175. The third-order valence-corrected chi connectivity index (χ3v) is 16.5. The summed E-state index contributed by atoms with van der Waals surface area (Å²) in [5.41, 5.74) is 0.348. The predicted octanol–water partition coefficient (Wildman–Crippen LogP) is 6.73. The average Bonchev–Trinajstić information content (AvgIpc) is 3.04. The molecular formula is C28H50O4Si. The molecule has 4 saturated carbocycles. The van der Waals surface area contributed by atoms with Gasteiger partial charge in [0.25, 0.3) is 0 Å². The molecule has 4 rings (SSSR count). The van der Waals surface area contributed by atoms with Gasteiger partial charge < -0.3 is 14.6 Å². The molecule has 0 radical (unpaired) electrons. The van der Waals surface area contributed by atoms with Crippen LogP contribution in [0.3, 0.4) is 0 Å². The van der Waals surface area contributed by atoms with Gasteiger partial charge in [0.15, 0.2) is 8.32 Å². The van der Waals surface area contributed by atoms with Crippen molar-refractivity contribution in [2.45, 2.75) is 123 Å². The van der Waals surface area contributed by atoms with Gasteiger partial charge in [0.1, 0.15) is 0 Å². The van der Waals surface area contributed by atoms with Crippen LogP contribution in [0.5, 0.6) is 0 Å². The second kappa shape index (κ2) is 8.33. The summed E-state index contributed by atoms with van der Waals surface area (Å²) in [5, 5.41) is 21.5. The highest BCUT2D eigenvalue weighted by Crippen LogP contribution is 2.68. The maximum atomic E-state index is 11.8. The molecule has 0 aliphatic heterocycles. The lowest BCUT2D eigenvalue weighted by Crippen LogP contribution is -2.59. The fourth-order valence-corrected chi connectivity index (χ4v) is 10.3. The molecule has 5 heteroatoms. The first-order valence-corrected chi connectivity index (χ1v) is 16.6. The maximum Gasteiger partial charge on any atom is 0.306 e. The Balaban J connectivity index is 1.53. The van der Waals surface area contributed by atoms with Crippen molar-refractivity contribution in [2.75, 3.05) is 0 Å². The van der Waals surface area contributed by atoms with Crippen molar-refractivity contribution in [3.8, 4) is 0 Å². The molecule has 4 fully saturated rings. The Bertz CT molecular complexity index is 759. The predicted molar refractivity (Wildman–Crippen MR) is 135 cm³/mol. The minimum absolute atomic E-state index is 0.0613. The van der Waals surface area contributed by atoms with E-state index in [2.05, 4.69) is 47.7 Å². The van der Waals surface area contributed by atoms with Crippen molar-refractivity contribution in [3.63, 3.8) is 0 Å². The molecule has 190 valence electrons. The van der Waals surface area contributed by atoms with Crippen LogP contribution in [0.1, 0.15) is 92.9 Å². The monoisotopic (exact) mass is 478 g/mol. The summed E-state index contributed by atoms with van der Waals surface area (Å²) in [7, 11) is -1.79. The third kappa shape index (κ3) is 4.06. The van der Waals surface area contributed by atoms with Crippen LogP contribution in [0.15, 0.2) is 0 Å². The molecule has 5 unspecified atom stereocenters. The standard InChI is InChI=1S/C28H50O4Si/c1-17(25(30)31)20-9-10-21-24-22(12-14-28(20,21)6)27(5)13-11-19(15-18(27)16-23(24)29)32-33(7,8)26(2,3)4/h17-24,29H,9-16H2,1-8H3,(H,30,31)/t17-,18?,19?,20?,21-,22-,23+,24-,27?,28?/m0/s1. The zero-order chi connectivity index (χ0) is 24.6. The molecule has 0 aromatic heterocycles. The van der Waals surface area contributed by atoms with Crippen LogP contribution in [0, 0.1) is 46.3 Å². The third-order valence-electron chi connectivity index (χ3n) is 12.0. The lowest BCUT2D eigenvalue weighted by atomic mass is 9.43. The Morgan fingerprint density at radius 3 is 2.21 bits per heavy atom. The van der Waals surface area contributed by atoms with E-state index in [0.717, 1.165) is 44.9 Å². The van der Waals surface area contributed by atoms with Crippen molar-refractivity contribution in [1.29, 1.82) is 0 Å². The number of hydrogen-bond donors (Lipinski definition) is 2. The maximum absolute atomic E-state index is 11.8. The number of fused-ring (bicyclic) bond motifs is 5. The minimum atomic E-state index is -1.79. The lowest BCUT2D eigenvalue weighted by Gasteiger charge is -2.62. The molecule has 0 spiro atoms. The van der Waals surface area contributed by atoms with Crippen molar-refractivity contribution in [3.05, 3.63) is 0 Å². The van der Waals surface area contributed by atoms with Crippen LogP contribution in [0.4, 0.5) is 0 Å². The van der Waals surface area contributed by atoms with Crippen LogP contribution in [-0.4, -0.2) is 36.7 Å². The van der Waals surface area contributed by atoms with Crippen LogP contribution in [0.25, 0.3) is 0 Å². The normalized spacial score (nSPS) is 46.8. The highest BCUT2D eigenvalue weighted by molar-refractivity contribution is 6.74. The Morgan fingerprint density at radius 1 is 1.00 bits per heavy atom. The molecule has 4 aliphatic carbocycles. The van der Waals surface area contributed by atoms with Gasteiger partial charge in [0.2, 0.25) is 0 Å². The van der Waals surface area contributed by atoms with E-state index in [1.807, 2.05) is 6.92 Å². The number of carboxylic acids is 1. The van der Waals surface area contributed by atoms with Gasteiger partial charge in [0, 0.05) is 6.10 Å². The molecule has 0 aromatic carbocycles. The van der Waals surface area contributed by atoms with E-state index in [9.17, 15) is 15.0 Å². The average molecular weight is 479 g/mol. The van der Waals surface area contributed by atoms with Gasteiger partial charge >= 0.3 is 5.97 Å². The summed E-state index contributed by atoms with van der Waals surface area (Å²) >= 11 is 0. The van der Waals surface area contributed by atoms with E-state index in [0.29, 0.717) is 29.8 Å². The fraction of sp³-hybridized carbons (Fsp3) is 0.964. The van der Waals surface area contributed by atoms with Gasteiger partial charge in [-0.05, 0) is 110 Å². The van der Waals surface area contributed by atoms with Crippen molar-refractivity contribution >= 4 is 14.3 Å². The van der Waals surface area contributed by atoms with Crippen molar-refractivity contribution in [2.24, 2.45) is 46.3 Å². The van der Waals surface area contributed by atoms with Gasteiger partial charge in [-0.15, -0.1) is 0 Å². The zero-order valence-corrected chi connectivity index (χ0v) is 23.5. The quantitative estimate of drug-likeness (QED) is 0.440. The molecule has 4 nitrogen and oxygen atoms in total. The van der Waals surface area contributed by atoms with Gasteiger partial charge in [-0.2, -0.15) is 0 Å². The molecule has 2 N–H and O–H groups in total. The molecule has 10 atom stereocenters. The number of aliphatic hydroxyl groups excluding tert-OH is 1. The van der Waals surface area contributed by atoms with Crippen LogP contribution < -0.4 is 0 Å². The highest BCUT2D eigenvalue weighted by atomic mass is 28.4. The van der Waals surface area contributed by atoms with E-state index >= 15 is 0 Å². The molecule has 0 aromatic rings. The Morgan fingerprint density at radius 2 is 1.61 bits per heavy atom. The fourth-order valence-electron chi connectivity index (χ4n) is 8.92. The summed E-state index contributed by atoms with van der Waals surface area (Å²) in [6.45, 7) is 18.5. The van der Waals surface area contributed by atoms with Crippen LogP contribution in [0.2, 0.25) is 18.1 Å². The summed E-state index contributed by atoms with van der Waals surface area (Å²) in [6.07, 6.45) is 8.84. The number of carbonyl (C=O) groups is 1. The topological polar surface area (TPSA) is 66.8 Å². The summed E-state index contributed by atoms with van der Waals surface area (Å²) < 4.78 is 6.86. The molecule has 0 saturated heterocycles. The largest absolute Gasteiger partial charge is 0.481 e. The summed E-state index contributed by atoms with van der Waals surface area (Å²) in [5.74, 6) is 1.22. The number of aliphatic hydroxyl groups is 1. The number of carboxylic acid groups (broad SMARTS) is 1. The van der Waals surface area contributed by atoms with Gasteiger partial charge in [-0.1, -0.05) is 41.5 Å². The zero-order valence-electron chi connectivity index (χ0n) is 22.5. The summed E-state index contributed by atoms with van der Waals surface area (Å²) in [6, 6.07) is 0. The molecular weight excluding hydrogens is 428 g/mol. The van der Waals surface area contributed by atoms with E-state index in [-0.39, 0.29) is 33.8 Å². The minimum Gasteiger partial charge on any atom is -0.481 e. The van der Waals surface area contributed by atoms with Crippen LogP contribution in [-0.2, 0) is 9.22 Å². The Labute approximate surface area is 203 Å². The smallest absolute Gasteiger partial charge is 0.306 e. The van der Waals surface area contributed by atoms with Gasteiger partial charge in [-0.25, -0.2) is 0 Å². The van der Waals surface area contributed by atoms with Gasteiger partial charge in [-0.3, -0.25) is 4.79 Å². The second-order valence-corrected chi connectivity index (χ2v) is 19.2. The first-order valence-electron chi connectivity index (χ1n) is 13.7. The van der Waals surface area contributed by atoms with Crippen LogP contribution >= 0.6 is 0 Å². The molecule has 0 bridgehead atoms. The van der Waals surface area contributed by atoms with E-state index < -0.39 is 14.3 Å². The van der Waals surface area contributed by atoms with E-state index in [4.69, 9.17) is 4.43 Å². The highest BCUT2D eigenvalue weighted by Gasteiger charge is 2.63. The first kappa shape index (κ1) is 25.7. The van der Waals surface area contributed by atoms with E-state index in [1.165, 1.54) is 6.42 Å². The molecule has 4 aliphatic rings. The number of rotatable bonds is 4. The Kier molecular flexibility index (Phi) is 6.49. The number of hydrogen-bond acceptors (Lipinski definition) is 3. The molecule has 0 amide bonds. The SMILES string of the molecule is C[C@H](C(=O)O)C1CC[C@H]2[C@@H]3[C@H](O)CC4CC(O[Si](C)(C)C(C)(C)C)CCC4(C)[C@H]3CCC12C. The van der Waals surface area contributed by atoms with Crippen molar-refractivity contribution in [1.82, 2.24) is 0 Å². The van der Waals surface area contributed by atoms with Gasteiger partial charge in [0.05, 0.1) is 12.0 Å². The molecule has 0 heterocycles. The second-order valence-electron chi connectivity index (χ2n) is 14.4.